The van der Waals surface area contributed by atoms with Crippen LogP contribution in [0.1, 0.15) is 5.56 Å². The van der Waals surface area contributed by atoms with Gasteiger partial charge in [-0.2, -0.15) is 0 Å². The SMILES string of the molecule is Fc1cc(F)cc(CCn2c(=S)[nH]c3ccc(Br)cc32)c1. The number of rotatable bonds is 3. The molecule has 1 heterocycles. The molecule has 3 rings (SSSR count). The minimum absolute atomic E-state index is 0.502. The molecule has 0 radical (unpaired) electrons. The Morgan fingerprint density at radius 3 is 2.52 bits per heavy atom. The lowest BCUT2D eigenvalue weighted by Gasteiger charge is -2.06. The van der Waals surface area contributed by atoms with Gasteiger partial charge >= 0.3 is 0 Å². The molecule has 0 amide bonds. The van der Waals surface area contributed by atoms with E-state index in [1.807, 2.05) is 22.8 Å². The summed E-state index contributed by atoms with van der Waals surface area (Å²) in [5, 5.41) is 0. The number of nitrogens with zero attached hydrogens (tertiary/aromatic N) is 1. The smallest absolute Gasteiger partial charge is 0.178 e. The van der Waals surface area contributed by atoms with Crippen LogP contribution in [-0.2, 0) is 13.0 Å². The van der Waals surface area contributed by atoms with E-state index in [0.717, 1.165) is 21.6 Å². The van der Waals surface area contributed by atoms with Crippen LogP contribution < -0.4 is 0 Å². The second kappa shape index (κ2) is 5.69. The van der Waals surface area contributed by atoms with E-state index in [-0.39, 0.29) is 0 Å². The minimum Gasteiger partial charge on any atom is -0.331 e. The molecule has 0 saturated heterocycles. The summed E-state index contributed by atoms with van der Waals surface area (Å²) in [7, 11) is 0. The number of aromatic nitrogens is 2. The molecular weight excluding hydrogens is 358 g/mol. The summed E-state index contributed by atoms with van der Waals surface area (Å²) >= 11 is 8.74. The summed E-state index contributed by atoms with van der Waals surface area (Å²) in [6.45, 7) is 0.554. The lowest BCUT2D eigenvalue weighted by atomic mass is 10.1. The second-order valence-corrected chi connectivity index (χ2v) is 6.07. The molecule has 0 atom stereocenters. The first-order valence-corrected chi connectivity index (χ1v) is 7.56. The van der Waals surface area contributed by atoms with Crippen molar-refractivity contribution in [2.75, 3.05) is 0 Å². The molecule has 0 aliphatic rings. The van der Waals surface area contributed by atoms with Crippen LogP contribution in [0, 0.1) is 16.4 Å². The molecule has 0 saturated carbocycles. The van der Waals surface area contributed by atoms with Gasteiger partial charge in [0.25, 0.3) is 0 Å². The first-order valence-electron chi connectivity index (χ1n) is 6.36. The van der Waals surface area contributed by atoms with Gasteiger partial charge in [-0.1, -0.05) is 15.9 Å². The van der Waals surface area contributed by atoms with Crippen LogP contribution in [0.2, 0.25) is 0 Å². The van der Waals surface area contributed by atoms with Gasteiger partial charge in [0.1, 0.15) is 11.6 Å². The van der Waals surface area contributed by atoms with Gasteiger partial charge in [-0.25, -0.2) is 8.78 Å². The van der Waals surface area contributed by atoms with Gasteiger partial charge < -0.3 is 9.55 Å². The molecule has 0 bridgehead atoms. The van der Waals surface area contributed by atoms with E-state index in [1.165, 1.54) is 12.1 Å². The number of fused-ring (bicyclic) bond motifs is 1. The van der Waals surface area contributed by atoms with E-state index in [9.17, 15) is 8.78 Å². The van der Waals surface area contributed by atoms with E-state index in [4.69, 9.17) is 12.2 Å². The van der Waals surface area contributed by atoms with Crippen LogP contribution >= 0.6 is 28.1 Å². The topological polar surface area (TPSA) is 20.7 Å². The molecule has 21 heavy (non-hydrogen) atoms. The van der Waals surface area contributed by atoms with Gasteiger partial charge in [-0.3, -0.25) is 0 Å². The first-order chi connectivity index (χ1) is 10.0. The molecular formula is C15H11BrF2N2S. The highest BCUT2D eigenvalue weighted by Gasteiger charge is 2.06. The number of nitrogens with one attached hydrogen (secondary N) is 1. The van der Waals surface area contributed by atoms with Crippen molar-refractivity contribution in [2.24, 2.45) is 0 Å². The number of aromatic amines is 1. The Labute approximate surface area is 133 Å². The first kappa shape index (κ1) is 14.4. The number of hydrogen-bond donors (Lipinski definition) is 1. The van der Waals surface area contributed by atoms with E-state index < -0.39 is 11.6 Å². The molecule has 2 aromatic carbocycles. The Morgan fingerprint density at radius 2 is 1.81 bits per heavy atom. The fourth-order valence-corrected chi connectivity index (χ4v) is 2.99. The van der Waals surface area contributed by atoms with Gasteiger partial charge in [0, 0.05) is 17.1 Å². The van der Waals surface area contributed by atoms with Crippen LogP contribution in [0.25, 0.3) is 11.0 Å². The molecule has 6 heteroatoms. The zero-order valence-corrected chi connectivity index (χ0v) is 13.3. The van der Waals surface area contributed by atoms with Crippen LogP contribution in [0.15, 0.2) is 40.9 Å². The molecule has 1 aromatic heterocycles. The van der Waals surface area contributed by atoms with Crippen LogP contribution in [-0.4, -0.2) is 9.55 Å². The van der Waals surface area contributed by atoms with Gasteiger partial charge in [0.2, 0.25) is 0 Å². The second-order valence-electron chi connectivity index (χ2n) is 4.77. The molecule has 0 aliphatic heterocycles. The quantitative estimate of drug-likeness (QED) is 0.646. The summed E-state index contributed by atoms with van der Waals surface area (Å²) in [6.07, 6.45) is 0.502. The third-order valence-electron chi connectivity index (χ3n) is 3.28. The molecule has 0 aliphatic carbocycles. The molecule has 0 unspecified atom stereocenters. The molecule has 0 fully saturated rings. The normalized spacial score (nSPS) is 11.2. The van der Waals surface area contributed by atoms with Gasteiger partial charge in [0.05, 0.1) is 11.0 Å². The maximum atomic E-state index is 13.2. The summed E-state index contributed by atoms with van der Waals surface area (Å²) in [4.78, 5) is 3.12. The third-order valence-corrected chi connectivity index (χ3v) is 4.10. The van der Waals surface area contributed by atoms with Gasteiger partial charge in [-0.05, 0) is 54.5 Å². The number of imidazole rings is 1. The van der Waals surface area contributed by atoms with Crippen molar-refractivity contribution in [3.8, 4) is 0 Å². The lowest BCUT2D eigenvalue weighted by Crippen LogP contribution is -2.02. The fraction of sp³-hybridized carbons (Fsp3) is 0.133. The molecule has 108 valence electrons. The minimum atomic E-state index is -0.560. The molecule has 0 spiro atoms. The maximum absolute atomic E-state index is 13.2. The Kier molecular flexibility index (Phi) is 3.91. The number of aryl methyl sites for hydroxylation is 2. The highest BCUT2D eigenvalue weighted by atomic mass is 79.9. The number of H-pyrrole nitrogens is 1. The number of hydrogen-bond acceptors (Lipinski definition) is 1. The molecule has 3 aromatic rings. The highest BCUT2D eigenvalue weighted by molar-refractivity contribution is 9.10. The third kappa shape index (κ3) is 3.06. The Morgan fingerprint density at radius 1 is 1.10 bits per heavy atom. The predicted octanol–water partition coefficient (Wildman–Crippen LogP) is 4.98. The average Bonchev–Trinajstić information content (AvgIpc) is 2.70. The zero-order chi connectivity index (χ0) is 15.0. The van der Waals surface area contributed by atoms with E-state index >= 15 is 0 Å². The van der Waals surface area contributed by atoms with Crippen molar-refractivity contribution in [3.05, 3.63) is 62.8 Å². The van der Waals surface area contributed by atoms with Crippen molar-refractivity contribution < 1.29 is 8.78 Å². The Hall–Kier alpha value is -1.53. The Balaban J connectivity index is 1.93. The summed E-state index contributed by atoms with van der Waals surface area (Å²) in [5.74, 6) is -1.12. The van der Waals surface area contributed by atoms with Crippen LogP contribution in [0.4, 0.5) is 8.78 Å². The molecule has 2 nitrogen and oxygen atoms in total. The van der Waals surface area contributed by atoms with Crippen molar-refractivity contribution in [2.45, 2.75) is 13.0 Å². The van der Waals surface area contributed by atoms with Crippen LogP contribution in [0.5, 0.6) is 0 Å². The number of benzene rings is 2. The predicted molar refractivity (Wildman–Crippen MR) is 84.9 cm³/mol. The van der Waals surface area contributed by atoms with Crippen molar-refractivity contribution in [1.82, 2.24) is 9.55 Å². The van der Waals surface area contributed by atoms with Gasteiger partial charge in [-0.15, -0.1) is 0 Å². The van der Waals surface area contributed by atoms with E-state index in [2.05, 4.69) is 20.9 Å². The summed E-state index contributed by atoms with van der Waals surface area (Å²) in [6, 6.07) is 9.40. The van der Waals surface area contributed by atoms with E-state index in [1.54, 1.807) is 0 Å². The summed E-state index contributed by atoms with van der Waals surface area (Å²) < 4.78 is 29.9. The van der Waals surface area contributed by atoms with Crippen molar-refractivity contribution >= 4 is 39.2 Å². The Bertz CT molecular complexity index is 849. The monoisotopic (exact) mass is 368 g/mol. The largest absolute Gasteiger partial charge is 0.331 e. The zero-order valence-electron chi connectivity index (χ0n) is 10.9. The standard InChI is InChI=1S/C15H11BrF2N2S/c16-10-1-2-13-14(7-10)20(15(21)19-13)4-3-9-5-11(17)8-12(18)6-9/h1-2,5-8H,3-4H2,(H,19,21). The van der Waals surface area contributed by atoms with E-state index in [0.29, 0.717) is 23.3 Å². The maximum Gasteiger partial charge on any atom is 0.178 e. The van der Waals surface area contributed by atoms with Crippen LogP contribution in [0.3, 0.4) is 0 Å². The highest BCUT2D eigenvalue weighted by Crippen LogP contribution is 2.20. The van der Waals surface area contributed by atoms with Gasteiger partial charge in [0.15, 0.2) is 4.77 Å². The number of halogens is 3. The lowest BCUT2D eigenvalue weighted by molar-refractivity contribution is 0.577. The fourth-order valence-electron chi connectivity index (χ4n) is 2.34. The van der Waals surface area contributed by atoms with Crippen molar-refractivity contribution in [1.29, 1.82) is 0 Å². The summed E-state index contributed by atoms with van der Waals surface area (Å²) in [5.41, 5.74) is 2.51. The van der Waals surface area contributed by atoms with Crippen molar-refractivity contribution in [3.63, 3.8) is 0 Å². The average molecular weight is 369 g/mol. The molecule has 1 N–H and O–H groups in total.